The summed E-state index contributed by atoms with van der Waals surface area (Å²) in [6, 6.07) is 8.35. The van der Waals surface area contributed by atoms with Crippen LogP contribution in [0.4, 0.5) is 18.9 Å². The van der Waals surface area contributed by atoms with E-state index >= 15 is 0 Å². The van der Waals surface area contributed by atoms with Crippen LogP contribution >= 0.6 is 23.2 Å². The highest BCUT2D eigenvalue weighted by molar-refractivity contribution is 6.36. The van der Waals surface area contributed by atoms with Crippen molar-refractivity contribution < 1.29 is 27.5 Å². The molecule has 0 saturated carbocycles. The fourth-order valence-electron chi connectivity index (χ4n) is 2.44. The highest BCUT2D eigenvalue weighted by atomic mass is 35.5. The molecule has 2 rings (SSSR count). The molecule has 0 aliphatic carbocycles. The third kappa shape index (κ3) is 4.97. The van der Waals surface area contributed by atoms with Crippen molar-refractivity contribution in [3.05, 3.63) is 63.1 Å². The second-order valence-electron chi connectivity index (χ2n) is 6.37. The van der Waals surface area contributed by atoms with Crippen molar-refractivity contribution in [3.63, 3.8) is 0 Å². The molecule has 2 aromatic carbocycles. The Hall–Kier alpha value is -2.49. The predicted molar refractivity (Wildman–Crippen MR) is 107 cm³/mol. The van der Waals surface area contributed by atoms with Crippen LogP contribution in [0.3, 0.4) is 0 Å². The highest BCUT2D eigenvalue weighted by Gasteiger charge is 2.63. The normalized spacial score (nSPS) is 13.3. The van der Waals surface area contributed by atoms with Gasteiger partial charge in [0.25, 0.3) is 5.91 Å². The van der Waals surface area contributed by atoms with Crippen LogP contribution in [0.25, 0.3) is 0 Å². The summed E-state index contributed by atoms with van der Waals surface area (Å²) in [7, 11) is 0.766. The summed E-state index contributed by atoms with van der Waals surface area (Å²) >= 11 is 11.7. The lowest BCUT2D eigenvalue weighted by molar-refractivity contribution is -0.215. The van der Waals surface area contributed by atoms with Crippen LogP contribution in [0, 0.1) is 13.8 Å². The minimum Gasteiger partial charge on any atom is -0.466 e. The average Bonchev–Trinajstić information content (AvgIpc) is 2.65. The van der Waals surface area contributed by atoms with Gasteiger partial charge in [0, 0.05) is 10.7 Å². The number of esters is 1. The van der Waals surface area contributed by atoms with Gasteiger partial charge in [-0.25, -0.2) is 4.79 Å². The van der Waals surface area contributed by atoms with Gasteiger partial charge < -0.3 is 15.5 Å². The SMILES string of the molecule is COC(=O)[C@](NNc1ccc(C)c(C)c1)(NC(=O)c1ccc(Cl)cc1Cl)C(F)(F)F. The number of halogens is 5. The molecule has 1 atom stereocenters. The number of aryl methyl sites for hydroxylation is 2. The van der Waals surface area contributed by atoms with E-state index in [1.807, 2.05) is 12.3 Å². The van der Waals surface area contributed by atoms with Crippen molar-refractivity contribution in [2.45, 2.75) is 25.7 Å². The number of amides is 1. The van der Waals surface area contributed by atoms with E-state index in [4.69, 9.17) is 23.2 Å². The Morgan fingerprint density at radius 3 is 2.20 bits per heavy atom. The number of hydrazine groups is 1. The summed E-state index contributed by atoms with van der Waals surface area (Å²) in [5.74, 6) is -3.06. The van der Waals surface area contributed by atoms with E-state index in [9.17, 15) is 22.8 Å². The zero-order valence-electron chi connectivity index (χ0n) is 16.1. The van der Waals surface area contributed by atoms with Crippen molar-refractivity contribution in [1.82, 2.24) is 10.7 Å². The van der Waals surface area contributed by atoms with E-state index in [0.29, 0.717) is 0 Å². The maximum atomic E-state index is 14.0. The molecule has 0 saturated heterocycles. The maximum absolute atomic E-state index is 14.0. The third-order valence-corrected chi connectivity index (χ3v) is 4.84. The van der Waals surface area contributed by atoms with Gasteiger partial charge in [-0.1, -0.05) is 29.3 Å². The standard InChI is InChI=1S/C19H18Cl2F3N3O3/c1-10-4-6-13(8-11(10)2)26-27-18(17(29)30-3,19(22,23)24)25-16(28)14-7-5-12(20)9-15(14)21/h4-9,26-27H,1-3H3,(H,25,28)/t18-/m1/s1. The molecule has 1 amide bonds. The quantitative estimate of drug-likeness (QED) is 0.336. The van der Waals surface area contributed by atoms with Gasteiger partial charge in [-0.05, 0) is 55.3 Å². The predicted octanol–water partition coefficient (Wildman–Crippen LogP) is 4.39. The molecule has 0 radical (unpaired) electrons. The molecule has 3 N–H and O–H groups in total. The fourth-order valence-corrected chi connectivity index (χ4v) is 2.93. The van der Waals surface area contributed by atoms with Crippen LogP contribution in [0.2, 0.25) is 10.0 Å². The van der Waals surface area contributed by atoms with Gasteiger partial charge >= 0.3 is 17.8 Å². The minimum atomic E-state index is -5.29. The smallest absolute Gasteiger partial charge is 0.438 e. The number of alkyl halides is 3. The van der Waals surface area contributed by atoms with E-state index in [1.54, 1.807) is 24.4 Å². The van der Waals surface area contributed by atoms with Gasteiger partial charge in [0.1, 0.15) is 0 Å². The minimum absolute atomic E-state index is 0.182. The van der Waals surface area contributed by atoms with Crippen LogP contribution in [0.15, 0.2) is 36.4 Å². The molecule has 0 bridgehead atoms. The Balaban J connectivity index is 2.43. The second-order valence-corrected chi connectivity index (χ2v) is 7.21. The maximum Gasteiger partial charge on any atom is 0.438 e. The molecular formula is C19H18Cl2F3N3O3. The molecule has 0 aromatic heterocycles. The van der Waals surface area contributed by atoms with E-state index in [-0.39, 0.29) is 21.3 Å². The molecule has 0 aliphatic heterocycles. The van der Waals surface area contributed by atoms with Crippen molar-refractivity contribution in [2.24, 2.45) is 0 Å². The van der Waals surface area contributed by atoms with Crippen LogP contribution in [0.1, 0.15) is 21.5 Å². The second kappa shape index (κ2) is 9.11. The number of hydrogen-bond donors (Lipinski definition) is 3. The number of methoxy groups -OCH3 is 1. The lowest BCUT2D eigenvalue weighted by Gasteiger charge is -2.34. The first-order valence-corrected chi connectivity index (χ1v) is 9.20. The molecule has 0 fully saturated rings. The summed E-state index contributed by atoms with van der Waals surface area (Å²) in [5.41, 5.74) is 2.21. The van der Waals surface area contributed by atoms with Gasteiger partial charge in [-0.3, -0.25) is 4.79 Å². The van der Waals surface area contributed by atoms with Crippen LogP contribution in [-0.4, -0.2) is 30.8 Å². The van der Waals surface area contributed by atoms with E-state index in [0.717, 1.165) is 24.3 Å². The molecule has 2 aromatic rings. The summed E-state index contributed by atoms with van der Waals surface area (Å²) in [5, 5.41) is 1.64. The summed E-state index contributed by atoms with van der Waals surface area (Å²) in [4.78, 5) is 24.8. The molecule has 11 heteroatoms. The number of carbonyl (C=O) groups is 2. The van der Waals surface area contributed by atoms with Crippen molar-refractivity contribution in [3.8, 4) is 0 Å². The zero-order chi connectivity index (χ0) is 22.7. The van der Waals surface area contributed by atoms with Gasteiger partial charge in [-0.2, -0.15) is 18.6 Å². The number of ether oxygens (including phenoxy) is 1. The van der Waals surface area contributed by atoms with E-state index in [1.165, 1.54) is 18.2 Å². The van der Waals surface area contributed by atoms with Crippen LogP contribution < -0.4 is 16.2 Å². The number of benzene rings is 2. The first-order chi connectivity index (χ1) is 13.9. The number of hydrogen-bond acceptors (Lipinski definition) is 5. The number of nitrogens with one attached hydrogen (secondary N) is 3. The monoisotopic (exact) mass is 463 g/mol. The lowest BCUT2D eigenvalue weighted by Crippen LogP contribution is -2.73. The van der Waals surface area contributed by atoms with Gasteiger partial charge in [0.15, 0.2) is 0 Å². The molecule has 0 unspecified atom stereocenters. The van der Waals surface area contributed by atoms with E-state index < -0.39 is 23.7 Å². The molecule has 0 heterocycles. The fraction of sp³-hybridized carbons (Fsp3) is 0.263. The van der Waals surface area contributed by atoms with Gasteiger partial charge in [-0.15, -0.1) is 0 Å². The van der Waals surface area contributed by atoms with Gasteiger partial charge in [0.05, 0.1) is 17.7 Å². The van der Waals surface area contributed by atoms with Gasteiger partial charge in [0.2, 0.25) is 0 Å². The summed E-state index contributed by atoms with van der Waals surface area (Å²) in [6.45, 7) is 3.60. The summed E-state index contributed by atoms with van der Waals surface area (Å²) < 4.78 is 46.4. The average molecular weight is 464 g/mol. The summed E-state index contributed by atoms with van der Waals surface area (Å²) in [6.07, 6.45) is -5.29. The van der Waals surface area contributed by atoms with Crippen LogP contribution in [-0.2, 0) is 9.53 Å². The molecule has 162 valence electrons. The molecule has 0 aliphatic rings. The Kier molecular flexibility index (Phi) is 7.23. The Labute approximate surface area is 180 Å². The largest absolute Gasteiger partial charge is 0.466 e. The Morgan fingerprint density at radius 2 is 1.67 bits per heavy atom. The highest BCUT2D eigenvalue weighted by Crippen LogP contribution is 2.31. The lowest BCUT2D eigenvalue weighted by atomic mass is 10.1. The van der Waals surface area contributed by atoms with E-state index in [2.05, 4.69) is 10.2 Å². The first-order valence-electron chi connectivity index (χ1n) is 8.44. The van der Waals surface area contributed by atoms with Crippen LogP contribution in [0.5, 0.6) is 0 Å². The Morgan fingerprint density at radius 1 is 1.00 bits per heavy atom. The van der Waals surface area contributed by atoms with Crippen molar-refractivity contribution in [2.75, 3.05) is 12.5 Å². The van der Waals surface area contributed by atoms with Crippen molar-refractivity contribution >= 4 is 40.8 Å². The molecule has 30 heavy (non-hydrogen) atoms. The number of carbonyl (C=O) groups excluding carboxylic acids is 2. The molecular weight excluding hydrogens is 446 g/mol. The number of anilines is 1. The number of rotatable bonds is 6. The first kappa shape index (κ1) is 23.8. The molecule has 0 spiro atoms. The topological polar surface area (TPSA) is 79.5 Å². The third-order valence-electron chi connectivity index (χ3n) is 4.29. The Bertz CT molecular complexity index is 970. The zero-order valence-corrected chi connectivity index (χ0v) is 17.6. The molecule has 6 nitrogen and oxygen atoms in total. The van der Waals surface area contributed by atoms with Crippen molar-refractivity contribution in [1.29, 1.82) is 0 Å².